The van der Waals surface area contributed by atoms with Crippen molar-refractivity contribution in [2.75, 3.05) is 0 Å². The van der Waals surface area contributed by atoms with Gasteiger partial charge in [0.05, 0.1) is 11.7 Å². The van der Waals surface area contributed by atoms with Crippen molar-refractivity contribution in [1.29, 1.82) is 0 Å². The van der Waals surface area contributed by atoms with Gasteiger partial charge in [-0.3, -0.25) is 4.79 Å². The number of carbonyl (C=O) groups is 1. The monoisotopic (exact) mass is 182 g/mol. The van der Waals surface area contributed by atoms with E-state index >= 15 is 0 Å². The van der Waals surface area contributed by atoms with Crippen molar-refractivity contribution in [2.24, 2.45) is 0 Å². The molecule has 0 aliphatic rings. The average Bonchev–Trinajstić information content (AvgIpc) is 2.08. The van der Waals surface area contributed by atoms with Crippen LogP contribution in [0.1, 0.15) is 24.2 Å². The summed E-state index contributed by atoms with van der Waals surface area (Å²) in [6.45, 7) is 3.56. The molecule has 0 aromatic heterocycles. The van der Waals surface area contributed by atoms with Gasteiger partial charge >= 0.3 is 0 Å². The van der Waals surface area contributed by atoms with Gasteiger partial charge in [-0.05, 0) is 26.0 Å². The topological polar surface area (TPSA) is 26.3 Å². The molecule has 1 rings (SSSR count). The lowest BCUT2D eigenvalue weighted by Gasteiger charge is -2.11. The van der Waals surface area contributed by atoms with Crippen molar-refractivity contribution in [3.05, 3.63) is 29.6 Å². The van der Waals surface area contributed by atoms with Gasteiger partial charge in [-0.15, -0.1) is 0 Å². The van der Waals surface area contributed by atoms with E-state index in [1.807, 2.05) is 0 Å². The van der Waals surface area contributed by atoms with Crippen molar-refractivity contribution >= 4 is 6.29 Å². The van der Waals surface area contributed by atoms with Crippen LogP contribution in [0.3, 0.4) is 0 Å². The highest BCUT2D eigenvalue weighted by Gasteiger charge is 2.09. The van der Waals surface area contributed by atoms with Crippen LogP contribution in [0.25, 0.3) is 0 Å². The summed E-state index contributed by atoms with van der Waals surface area (Å²) >= 11 is 0. The van der Waals surface area contributed by atoms with Crippen LogP contribution in [0.2, 0.25) is 0 Å². The Morgan fingerprint density at radius 1 is 1.46 bits per heavy atom. The normalized spacial score (nSPS) is 10.2. The summed E-state index contributed by atoms with van der Waals surface area (Å²) in [6.07, 6.45) is 0.441. The Balaban J connectivity index is 3.07. The number of para-hydroxylation sites is 1. The van der Waals surface area contributed by atoms with E-state index in [1.165, 1.54) is 18.2 Å². The van der Waals surface area contributed by atoms with E-state index in [4.69, 9.17) is 4.74 Å². The number of halogens is 1. The molecule has 0 bridgehead atoms. The van der Waals surface area contributed by atoms with Crippen LogP contribution in [-0.4, -0.2) is 12.4 Å². The molecule has 0 saturated carbocycles. The summed E-state index contributed by atoms with van der Waals surface area (Å²) in [4.78, 5) is 10.5. The molecule has 0 spiro atoms. The molecule has 0 N–H and O–H groups in total. The summed E-state index contributed by atoms with van der Waals surface area (Å²) in [6, 6.07) is 4.27. The first-order chi connectivity index (χ1) is 6.15. The van der Waals surface area contributed by atoms with Crippen molar-refractivity contribution < 1.29 is 13.9 Å². The molecule has 3 heteroatoms. The first-order valence-electron chi connectivity index (χ1n) is 4.05. The molecule has 0 aliphatic carbocycles. The molecule has 2 nitrogen and oxygen atoms in total. The minimum Gasteiger partial charge on any atom is -0.487 e. The Hall–Kier alpha value is -1.38. The average molecular weight is 182 g/mol. The lowest BCUT2D eigenvalue weighted by atomic mass is 10.2. The van der Waals surface area contributed by atoms with Gasteiger partial charge in [0.15, 0.2) is 17.9 Å². The highest BCUT2D eigenvalue weighted by Crippen LogP contribution is 2.21. The predicted octanol–water partition coefficient (Wildman–Crippen LogP) is 2.43. The van der Waals surface area contributed by atoms with Crippen molar-refractivity contribution in [3.8, 4) is 5.75 Å². The fraction of sp³-hybridized carbons (Fsp3) is 0.300. The van der Waals surface area contributed by atoms with E-state index in [9.17, 15) is 9.18 Å². The van der Waals surface area contributed by atoms with Crippen molar-refractivity contribution in [3.63, 3.8) is 0 Å². The molecule has 0 unspecified atom stereocenters. The maximum atomic E-state index is 13.1. The molecule has 0 heterocycles. The Kier molecular flexibility index (Phi) is 3.01. The summed E-state index contributed by atoms with van der Waals surface area (Å²) in [7, 11) is 0. The van der Waals surface area contributed by atoms with Crippen LogP contribution in [0.4, 0.5) is 4.39 Å². The molecule has 0 amide bonds. The molecular formula is C10H11FO2. The van der Waals surface area contributed by atoms with Crippen LogP contribution >= 0.6 is 0 Å². The highest BCUT2D eigenvalue weighted by atomic mass is 19.1. The van der Waals surface area contributed by atoms with Gasteiger partial charge in [0, 0.05) is 0 Å². The van der Waals surface area contributed by atoms with E-state index in [-0.39, 0.29) is 17.4 Å². The van der Waals surface area contributed by atoms with Gasteiger partial charge in [-0.1, -0.05) is 6.07 Å². The Morgan fingerprint density at radius 3 is 2.69 bits per heavy atom. The van der Waals surface area contributed by atoms with Gasteiger partial charge in [-0.25, -0.2) is 4.39 Å². The fourth-order valence-corrected chi connectivity index (χ4v) is 0.978. The molecule has 1 aromatic carbocycles. The molecule has 0 radical (unpaired) electrons. The molecular weight excluding hydrogens is 171 g/mol. The van der Waals surface area contributed by atoms with Crippen LogP contribution in [0.15, 0.2) is 18.2 Å². The van der Waals surface area contributed by atoms with Gasteiger partial charge in [-0.2, -0.15) is 0 Å². The summed E-state index contributed by atoms with van der Waals surface area (Å²) in [5, 5.41) is 0. The van der Waals surface area contributed by atoms with E-state index in [2.05, 4.69) is 0 Å². The smallest absolute Gasteiger partial charge is 0.165 e. The molecule has 1 aromatic rings. The zero-order valence-corrected chi connectivity index (χ0v) is 7.58. The van der Waals surface area contributed by atoms with E-state index in [1.54, 1.807) is 13.8 Å². The summed E-state index contributed by atoms with van der Waals surface area (Å²) in [5.41, 5.74) is 0.244. The third-order valence-electron chi connectivity index (χ3n) is 1.48. The number of ether oxygens (including phenoxy) is 1. The molecule has 0 fully saturated rings. The maximum absolute atomic E-state index is 13.1. The summed E-state index contributed by atoms with van der Waals surface area (Å²) in [5.74, 6) is -0.467. The minimum atomic E-state index is -0.502. The number of aldehydes is 1. The standard InChI is InChI=1S/C10H11FO2/c1-7(2)13-10-8(6-12)4-3-5-9(10)11/h3-7H,1-2H3. The number of benzene rings is 1. The lowest BCUT2D eigenvalue weighted by molar-refractivity contribution is 0.111. The Morgan fingerprint density at radius 2 is 2.15 bits per heavy atom. The third kappa shape index (κ3) is 2.28. The third-order valence-corrected chi connectivity index (χ3v) is 1.48. The Labute approximate surface area is 76.3 Å². The Bertz CT molecular complexity index is 308. The van der Waals surface area contributed by atoms with Crippen LogP contribution in [0.5, 0.6) is 5.75 Å². The zero-order chi connectivity index (χ0) is 9.84. The zero-order valence-electron chi connectivity index (χ0n) is 7.58. The predicted molar refractivity (Wildman–Crippen MR) is 47.6 cm³/mol. The highest BCUT2D eigenvalue weighted by molar-refractivity contribution is 5.79. The second kappa shape index (κ2) is 4.03. The fourth-order valence-electron chi connectivity index (χ4n) is 0.978. The molecule has 0 atom stereocenters. The van der Waals surface area contributed by atoms with E-state index < -0.39 is 5.82 Å². The number of hydrogen-bond acceptors (Lipinski definition) is 2. The van der Waals surface area contributed by atoms with Crippen LogP contribution in [-0.2, 0) is 0 Å². The SMILES string of the molecule is CC(C)Oc1c(F)cccc1C=O. The quantitative estimate of drug-likeness (QED) is 0.671. The first-order valence-corrected chi connectivity index (χ1v) is 4.05. The van der Waals surface area contributed by atoms with E-state index in [0.29, 0.717) is 6.29 Å². The molecule has 0 saturated heterocycles. The lowest BCUT2D eigenvalue weighted by Crippen LogP contribution is -2.08. The minimum absolute atomic E-state index is 0.0347. The van der Waals surface area contributed by atoms with Crippen LogP contribution < -0.4 is 4.74 Å². The van der Waals surface area contributed by atoms with Gasteiger partial charge in [0.2, 0.25) is 0 Å². The molecule has 0 aliphatic heterocycles. The number of hydrogen-bond donors (Lipinski definition) is 0. The maximum Gasteiger partial charge on any atom is 0.165 e. The second-order valence-electron chi connectivity index (χ2n) is 2.94. The number of rotatable bonds is 3. The second-order valence-corrected chi connectivity index (χ2v) is 2.94. The molecule has 13 heavy (non-hydrogen) atoms. The van der Waals surface area contributed by atoms with Gasteiger partial charge in [0.25, 0.3) is 0 Å². The van der Waals surface area contributed by atoms with E-state index in [0.717, 1.165) is 0 Å². The number of carbonyl (C=O) groups excluding carboxylic acids is 1. The van der Waals surface area contributed by atoms with Gasteiger partial charge in [0.1, 0.15) is 0 Å². The van der Waals surface area contributed by atoms with Crippen molar-refractivity contribution in [1.82, 2.24) is 0 Å². The van der Waals surface area contributed by atoms with Gasteiger partial charge < -0.3 is 4.74 Å². The van der Waals surface area contributed by atoms with Crippen molar-refractivity contribution in [2.45, 2.75) is 20.0 Å². The summed E-state index contributed by atoms with van der Waals surface area (Å²) < 4.78 is 18.3. The van der Waals surface area contributed by atoms with Crippen LogP contribution in [0, 0.1) is 5.82 Å². The first kappa shape index (κ1) is 9.71. The largest absolute Gasteiger partial charge is 0.487 e. The molecule has 70 valence electrons.